The van der Waals surface area contributed by atoms with Crippen molar-refractivity contribution in [1.82, 2.24) is 14.8 Å². The van der Waals surface area contributed by atoms with Gasteiger partial charge in [0.1, 0.15) is 4.88 Å². The van der Waals surface area contributed by atoms with Crippen molar-refractivity contribution in [3.63, 3.8) is 0 Å². The molecule has 4 rings (SSSR count). The Hall–Kier alpha value is -2.21. The molecule has 2 amide bonds. The summed E-state index contributed by atoms with van der Waals surface area (Å²) in [5.41, 5.74) is 2.95. The molecule has 5 nitrogen and oxygen atoms in total. The van der Waals surface area contributed by atoms with Crippen LogP contribution in [0.5, 0.6) is 0 Å². The summed E-state index contributed by atoms with van der Waals surface area (Å²) in [6, 6.07) is 10.6. The molecule has 2 saturated heterocycles. The average Bonchev–Trinajstić information content (AvgIpc) is 3.29. The smallest absolute Gasteiger partial charge is 0.265 e. The Kier molecular flexibility index (Phi) is 4.29. The van der Waals surface area contributed by atoms with E-state index in [0.717, 1.165) is 13.0 Å². The van der Waals surface area contributed by atoms with Crippen LogP contribution in [0.1, 0.15) is 34.5 Å². The van der Waals surface area contributed by atoms with E-state index in [1.54, 1.807) is 18.6 Å². The summed E-state index contributed by atoms with van der Waals surface area (Å²) in [5.74, 6) is 0.772. The van der Waals surface area contributed by atoms with Gasteiger partial charge in [0.05, 0.1) is 11.7 Å². The van der Waals surface area contributed by atoms with Crippen molar-refractivity contribution >= 4 is 23.2 Å². The highest BCUT2D eigenvalue weighted by atomic mass is 32.1. The van der Waals surface area contributed by atoms with Gasteiger partial charge in [-0.1, -0.05) is 30.3 Å². The molecule has 0 saturated carbocycles. The van der Waals surface area contributed by atoms with Crippen molar-refractivity contribution in [3.05, 3.63) is 52.5 Å². The van der Waals surface area contributed by atoms with Crippen molar-refractivity contribution in [1.29, 1.82) is 0 Å². The number of likely N-dealkylation sites (tertiary alicyclic amines) is 2. The van der Waals surface area contributed by atoms with Crippen LogP contribution >= 0.6 is 11.3 Å². The number of rotatable bonds is 2. The molecule has 130 valence electrons. The number of carbonyl (C=O) groups excluding carboxylic acids is 2. The molecule has 0 unspecified atom stereocenters. The number of hydrogen-bond donors (Lipinski definition) is 0. The molecule has 2 aromatic rings. The number of nitrogens with zero attached hydrogens (tertiary/aromatic N) is 3. The van der Waals surface area contributed by atoms with E-state index >= 15 is 0 Å². The van der Waals surface area contributed by atoms with Gasteiger partial charge in [-0.15, -0.1) is 11.3 Å². The number of fused-ring (bicyclic) bond motifs is 1. The highest BCUT2D eigenvalue weighted by molar-refractivity contribution is 7.11. The van der Waals surface area contributed by atoms with E-state index in [9.17, 15) is 9.59 Å². The Morgan fingerprint density at radius 1 is 1.20 bits per heavy atom. The maximum atomic E-state index is 12.7. The summed E-state index contributed by atoms with van der Waals surface area (Å²) in [6.45, 7) is 3.80. The zero-order valence-electron chi connectivity index (χ0n) is 14.2. The Bertz CT molecular complexity index is 762. The quantitative estimate of drug-likeness (QED) is 0.832. The Balaban J connectivity index is 1.60. The van der Waals surface area contributed by atoms with Gasteiger partial charge in [-0.25, -0.2) is 0 Å². The van der Waals surface area contributed by atoms with Crippen molar-refractivity contribution < 1.29 is 9.59 Å². The summed E-state index contributed by atoms with van der Waals surface area (Å²) in [4.78, 5) is 33.5. The van der Waals surface area contributed by atoms with Crippen LogP contribution in [-0.4, -0.2) is 52.3 Å². The van der Waals surface area contributed by atoms with Crippen LogP contribution in [0.15, 0.2) is 42.0 Å². The minimum absolute atomic E-state index is 0.0639. The highest BCUT2D eigenvalue weighted by Crippen LogP contribution is 2.41. The number of carbonyl (C=O) groups is 2. The van der Waals surface area contributed by atoms with E-state index in [4.69, 9.17) is 0 Å². The van der Waals surface area contributed by atoms with E-state index in [2.05, 4.69) is 17.1 Å². The fraction of sp³-hybridized carbons (Fsp3) is 0.421. The second kappa shape index (κ2) is 6.59. The third-order valence-corrected chi connectivity index (χ3v) is 6.25. The molecule has 0 bridgehead atoms. The zero-order chi connectivity index (χ0) is 17.4. The van der Waals surface area contributed by atoms with Crippen molar-refractivity contribution in [2.45, 2.75) is 25.3 Å². The zero-order valence-corrected chi connectivity index (χ0v) is 15.0. The van der Waals surface area contributed by atoms with Crippen LogP contribution in [0.2, 0.25) is 0 Å². The fourth-order valence-corrected chi connectivity index (χ4v) is 4.90. The van der Waals surface area contributed by atoms with E-state index in [0.29, 0.717) is 18.0 Å². The minimum Gasteiger partial charge on any atom is -0.339 e. The summed E-state index contributed by atoms with van der Waals surface area (Å²) in [6.07, 6.45) is 2.49. The summed E-state index contributed by atoms with van der Waals surface area (Å²) >= 11 is 1.39. The second-order valence-corrected chi connectivity index (χ2v) is 7.71. The summed E-state index contributed by atoms with van der Waals surface area (Å²) < 4.78 is 0. The summed E-state index contributed by atoms with van der Waals surface area (Å²) in [7, 11) is 0. The lowest BCUT2D eigenvalue weighted by atomic mass is 9.82. The lowest BCUT2D eigenvalue weighted by Crippen LogP contribution is -2.49. The monoisotopic (exact) mass is 355 g/mol. The van der Waals surface area contributed by atoms with Crippen LogP contribution < -0.4 is 0 Å². The van der Waals surface area contributed by atoms with Crippen molar-refractivity contribution in [2.75, 3.05) is 19.6 Å². The largest absolute Gasteiger partial charge is 0.339 e. The number of benzene rings is 1. The van der Waals surface area contributed by atoms with E-state index in [1.807, 2.05) is 28.0 Å². The molecule has 0 aliphatic carbocycles. The van der Waals surface area contributed by atoms with Crippen LogP contribution in [0.25, 0.3) is 0 Å². The highest BCUT2D eigenvalue weighted by Gasteiger charge is 2.46. The van der Waals surface area contributed by atoms with Gasteiger partial charge >= 0.3 is 0 Å². The van der Waals surface area contributed by atoms with Crippen LogP contribution in [0.3, 0.4) is 0 Å². The van der Waals surface area contributed by atoms with Crippen molar-refractivity contribution in [2.24, 2.45) is 5.92 Å². The lowest BCUT2D eigenvalue weighted by molar-refractivity contribution is -0.130. The SMILES string of the molecule is CC(=O)N1C[C@H](c2ccccc2)[C@H]2CN(C(=O)c3cncs3)CC[C@H]21. The average molecular weight is 355 g/mol. The Morgan fingerprint density at radius 2 is 2.00 bits per heavy atom. The number of piperidine rings is 1. The number of thiazole rings is 1. The molecule has 3 atom stereocenters. The molecule has 2 aliphatic rings. The first-order valence-electron chi connectivity index (χ1n) is 8.65. The van der Waals surface area contributed by atoms with Gasteiger partial charge in [-0.05, 0) is 12.0 Å². The van der Waals surface area contributed by atoms with Crippen molar-refractivity contribution in [3.8, 4) is 0 Å². The van der Waals surface area contributed by atoms with Gasteiger partial charge in [0.2, 0.25) is 5.91 Å². The maximum Gasteiger partial charge on any atom is 0.265 e. The molecule has 3 heterocycles. The predicted octanol–water partition coefficient (Wildman–Crippen LogP) is 2.62. The second-order valence-electron chi connectivity index (χ2n) is 6.83. The molecule has 25 heavy (non-hydrogen) atoms. The third-order valence-electron chi connectivity index (χ3n) is 5.49. The minimum atomic E-state index is 0.0639. The van der Waals surface area contributed by atoms with E-state index in [1.165, 1.54) is 16.9 Å². The van der Waals surface area contributed by atoms with Gasteiger partial charge in [-0.2, -0.15) is 0 Å². The van der Waals surface area contributed by atoms with Gasteiger partial charge in [0.15, 0.2) is 0 Å². The molecule has 0 N–H and O–H groups in total. The van der Waals surface area contributed by atoms with Crippen LogP contribution in [0.4, 0.5) is 0 Å². The molecular weight excluding hydrogens is 334 g/mol. The standard InChI is InChI=1S/C19H21N3O2S/c1-13(23)22-11-15(14-5-3-2-4-6-14)16-10-21(8-7-17(16)22)19(24)18-9-20-12-25-18/h2-6,9,12,15-17H,7-8,10-11H2,1H3/t15-,16-,17-/m1/s1. The predicted molar refractivity (Wildman–Crippen MR) is 96.5 cm³/mol. The number of aromatic nitrogens is 1. The molecular formula is C19H21N3O2S. The first-order valence-corrected chi connectivity index (χ1v) is 9.53. The van der Waals surface area contributed by atoms with Crippen LogP contribution in [-0.2, 0) is 4.79 Å². The van der Waals surface area contributed by atoms with Crippen LogP contribution in [0, 0.1) is 5.92 Å². The normalized spacial score (nSPS) is 25.7. The Morgan fingerprint density at radius 3 is 2.68 bits per heavy atom. The Labute approximate surface area is 151 Å². The maximum absolute atomic E-state index is 12.7. The first kappa shape index (κ1) is 16.3. The molecule has 0 radical (unpaired) electrons. The van der Waals surface area contributed by atoms with Gasteiger partial charge in [0.25, 0.3) is 5.91 Å². The molecule has 2 fully saturated rings. The first-order chi connectivity index (χ1) is 12.1. The topological polar surface area (TPSA) is 53.5 Å². The van der Waals surface area contributed by atoms with E-state index < -0.39 is 0 Å². The van der Waals surface area contributed by atoms with E-state index in [-0.39, 0.29) is 29.7 Å². The molecule has 2 aliphatic heterocycles. The van der Waals surface area contributed by atoms with Gasteiger partial charge in [-0.3, -0.25) is 14.6 Å². The summed E-state index contributed by atoms with van der Waals surface area (Å²) in [5, 5.41) is 0. The molecule has 6 heteroatoms. The fourth-order valence-electron chi connectivity index (χ4n) is 4.31. The number of amides is 2. The number of hydrogen-bond acceptors (Lipinski definition) is 4. The molecule has 0 spiro atoms. The third kappa shape index (κ3) is 2.95. The lowest BCUT2D eigenvalue weighted by Gasteiger charge is -2.38. The van der Waals surface area contributed by atoms with Gasteiger partial charge < -0.3 is 9.80 Å². The molecule has 1 aromatic heterocycles. The van der Waals surface area contributed by atoms with Gasteiger partial charge in [0, 0.05) is 44.4 Å². The molecule has 1 aromatic carbocycles.